The third kappa shape index (κ3) is 1.12. The molecule has 1 fully saturated rings. The van der Waals surface area contributed by atoms with Gasteiger partial charge in [-0.25, -0.2) is 0 Å². The Morgan fingerprint density at radius 3 is 2.82 bits per heavy atom. The van der Waals surface area contributed by atoms with Crippen molar-refractivity contribution in [2.45, 2.75) is 38.9 Å². The van der Waals surface area contributed by atoms with Crippen LogP contribution < -0.4 is 0 Å². The van der Waals surface area contributed by atoms with Gasteiger partial charge in [0.25, 0.3) is 0 Å². The minimum atomic E-state index is 0.130. The number of epoxide rings is 1. The maximum absolute atomic E-state index is 5.56. The van der Waals surface area contributed by atoms with Crippen LogP contribution in [0.5, 0.6) is 0 Å². The maximum Gasteiger partial charge on any atom is 0.110 e. The summed E-state index contributed by atoms with van der Waals surface area (Å²) in [6.45, 7) is 6.73. The molecule has 0 radical (unpaired) electrons. The second-order valence-corrected chi connectivity index (χ2v) is 4.29. The summed E-state index contributed by atoms with van der Waals surface area (Å²) in [5, 5.41) is 0. The van der Waals surface area contributed by atoms with E-state index in [-0.39, 0.29) is 5.60 Å². The molecule has 1 heteroatoms. The predicted molar refractivity (Wildman–Crippen MR) is 45.4 cm³/mol. The highest BCUT2D eigenvalue weighted by molar-refractivity contribution is 5.20. The van der Waals surface area contributed by atoms with E-state index >= 15 is 0 Å². The minimum Gasteiger partial charge on any atom is -0.362 e. The number of rotatable bonds is 1. The van der Waals surface area contributed by atoms with E-state index in [1.54, 1.807) is 0 Å². The first-order valence-electron chi connectivity index (χ1n) is 4.49. The van der Waals surface area contributed by atoms with Gasteiger partial charge in [-0.15, -0.1) is 0 Å². The van der Waals surface area contributed by atoms with Crippen molar-refractivity contribution in [3.8, 4) is 0 Å². The molecule has 0 saturated carbocycles. The lowest BCUT2D eigenvalue weighted by Crippen LogP contribution is -2.18. The quantitative estimate of drug-likeness (QED) is 0.415. The van der Waals surface area contributed by atoms with E-state index in [2.05, 4.69) is 32.9 Å². The Balaban J connectivity index is 2.07. The molecule has 0 aromatic rings. The fourth-order valence-corrected chi connectivity index (χ4v) is 1.84. The van der Waals surface area contributed by atoms with E-state index in [0.29, 0.717) is 6.10 Å². The van der Waals surface area contributed by atoms with Crippen molar-refractivity contribution in [1.82, 2.24) is 0 Å². The first-order chi connectivity index (χ1) is 5.12. The summed E-state index contributed by atoms with van der Waals surface area (Å²) >= 11 is 0. The Bertz CT molecular complexity index is 195. The molecule has 0 unspecified atom stereocenters. The van der Waals surface area contributed by atoms with Crippen LogP contribution in [0.3, 0.4) is 0 Å². The van der Waals surface area contributed by atoms with Crippen LogP contribution in [0, 0.1) is 11.8 Å². The molecule has 2 rings (SSSR count). The highest BCUT2D eigenvalue weighted by Gasteiger charge is 2.52. The first kappa shape index (κ1) is 7.35. The molecule has 0 bridgehead atoms. The largest absolute Gasteiger partial charge is 0.362 e. The van der Waals surface area contributed by atoms with E-state index < -0.39 is 0 Å². The van der Waals surface area contributed by atoms with Crippen LogP contribution in [0.4, 0.5) is 0 Å². The zero-order chi connectivity index (χ0) is 8.06. The van der Waals surface area contributed by atoms with E-state index in [1.807, 2.05) is 0 Å². The van der Waals surface area contributed by atoms with Crippen molar-refractivity contribution in [2.24, 2.45) is 11.8 Å². The molecule has 62 valence electrons. The highest BCUT2D eigenvalue weighted by atomic mass is 16.6. The molecule has 1 nitrogen and oxygen atoms in total. The minimum absolute atomic E-state index is 0.130. The van der Waals surface area contributed by atoms with E-state index in [4.69, 9.17) is 4.74 Å². The molecule has 11 heavy (non-hydrogen) atoms. The van der Waals surface area contributed by atoms with Crippen LogP contribution in [0.2, 0.25) is 0 Å². The third-order valence-electron chi connectivity index (χ3n) is 3.00. The summed E-state index contributed by atoms with van der Waals surface area (Å²) in [5.41, 5.74) is 0.130. The lowest BCUT2D eigenvalue weighted by Gasteiger charge is -2.19. The summed E-state index contributed by atoms with van der Waals surface area (Å²) in [7, 11) is 0. The summed E-state index contributed by atoms with van der Waals surface area (Å²) in [6, 6.07) is 0. The predicted octanol–water partition coefficient (Wildman–Crippen LogP) is 2.38. The summed E-state index contributed by atoms with van der Waals surface area (Å²) < 4.78 is 5.56. The molecule has 1 saturated heterocycles. The summed E-state index contributed by atoms with van der Waals surface area (Å²) in [5.74, 6) is 1.51. The third-order valence-corrected chi connectivity index (χ3v) is 3.00. The van der Waals surface area contributed by atoms with Gasteiger partial charge < -0.3 is 4.74 Å². The normalized spacial score (nSPS) is 47.6. The van der Waals surface area contributed by atoms with Gasteiger partial charge in [-0.05, 0) is 25.2 Å². The summed E-state index contributed by atoms with van der Waals surface area (Å²) in [6.07, 6.45) is 6.32. The zero-order valence-corrected chi connectivity index (χ0v) is 7.50. The Hall–Kier alpha value is -0.300. The number of fused-ring (bicyclic) bond motifs is 1. The van der Waals surface area contributed by atoms with Crippen LogP contribution in [0.25, 0.3) is 0 Å². The second kappa shape index (κ2) is 2.10. The van der Waals surface area contributed by atoms with Crippen molar-refractivity contribution in [3.05, 3.63) is 12.2 Å². The number of hydrogen-bond donors (Lipinski definition) is 0. The van der Waals surface area contributed by atoms with Gasteiger partial charge in [0, 0.05) is 0 Å². The van der Waals surface area contributed by atoms with E-state index in [0.717, 1.165) is 11.8 Å². The van der Waals surface area contributed by atoms with Crippen LogP contribution >= 0.6 is 0 Å². The lowest BCUT2D eigenvalue weighted by atomic mass is 9.83. The fraction of sp³-hybridized carbons (Fsp3) is 0.800. The molecule has 1 aliphatic carbocycles. The molecular formula is C10H16O. The average molecular weight is 152 g/mol. The van der Waals surface area contributed by atoms with Crippen molar-refractivity contribution in [1.29, 1.82) is 0 Å². The van der Waals surface area contributed by atoms with Crippen molar-refractivity contribution in [3.63, 3.8) is 0 Å². The number of ether oxygens (including phenoxy) is 1. The Morgan fingerprint density at radius 2 is 2.27 bits per heavy atom. The SMILES string of the molecule is CC(C)[C@H]1C=C[C@@]2(C)O[C@H]2C1. The summed E-state index contributed by atoms with van der Waals surface area (Å²) in [4.78, 5) is 0. The molecule has 0 spiro atoms. The standard InChI is InChI=1S/C10H16O/c1-7(2)8-4-5-10(3)9(6-8)11-10/h4-5,7-9H,6H2,1-3H3/t8-,9-,10+/m0/s1. The lowest BCUT2D eigenvalue weighted by molar-refractivity contribution is 0.324. The smallest absolute Gasteiger partial charge is 0.110 e. The van der Waals surface area contributed by atoms with Crippen molar-refractivity contribution < 1.29 is 4.74 Å². The van der Waals surface area contributed by atoms with Crippen molar-refractivity contribution >= 4 is 0 Å². The molecule has 0 N–H and O–H groups in total. The van der Waals surface area contributed by atoms with Gasteiger partial charge in [-0.1, -0.05) is 26.0 Å². The number of hydrogen-bond acceptors (Lipinski definition) is 1. The van der Waals surface area contributed by atoms with Crippen molar-refractivity contribution in [2.75, 3.05) is 0 Å². The van der Waals surface area contributed by atoms with Crippen LogP contribution in [-0.4, -0.2) is 11.7 Å². The van der Waals surface area contributed by atoms with Gasteiger partial charge in [-0.3, -0.25) is 0 Å². The molecule has 0 amide bonds. The van der Waals surface area contributed by atoms with Crippen LogP contribution in [0.15, 0.2) is 12.2 Å². The van der Waals surface area contributed by atoms with Crippen LogP contribution in [-0.2, 0) is 4.74 Å². The van der Waals surface area contributed by atoms with Crippen LogP contribution in [0.1, 0.15) is 27.2 Å². The average Bonchev–Trinajstić information content (AvgIpc) is 2.58. The molecule has 2 aliphatic rings. The zero-order valence-electron chi connectivity index (χ0n) is 7.50. The Kier molecular flexibility index (Phi) is 1.40. The molecule has 3 atom stereocenters. The Labute approximate surface area is 68.4 Å². The first-order valence-corrected chi connectivity index (χ1v) is 4.49. The van der Waals surface area contributed by atoms with Gasteiger partial charge in [0.2, 0.25) is 0 Å². The number of allylic oxidation sites excluding steroid dienone is 1. The fourth-order valence-electron chi connectivity index (χ4n) is 1.84. The molecule has 0 aromatic carbocycles. The van der Waals surface area contributed by atoms with Gasteiger partial charge >= 0.3 is 0 Å². The highest BCUT2D eigenvalue weighted by Crippen LogP contribution is 2.46. The van der Waals surface area contributed by atoms with E-state index in [1.165, 1.54) is 6.42 Å². The van der Waals surface area contributed by atoms with Gasteiger partial charge in [-0.2, -0.15) is 0 Å². The monoisotopic (exact) mass is 152 g/mol. The molecule has 1 aliphatic heterocycles. The maximum atomic E-state index is 5.56. The molecule has 0 aromatic heterocycles. The molecular weight excluding hydrogens is 136 g/mol. The van der Waals surface area contributed by atoms with Gasteiger partial charge in [0.15, 0.2) is 0 Å². The Morgan fingerprint density at radius 1 is 1.55 bits per heavy atom. The van der Waals surface area contributed by atoms with Gasteiger partial charge in [0.1, 0.15) is 5.60 Å². The van der Waals surface area contributed by atoms with Gasteiger partial charge in [0.05, 0.1) is 6.10 Å². The molecule has 1 heterocycles. The second-order valence-electron chi connectivity index (χ2n) is 4.29. The topological polar surface area (TPSA) is 12.5 Å². The van der Waals surface area contributed by atoms with E-state index in [9.17, 15) is 0 Å².